The van der Waals surface area contributed by atoms with Crippen molar-refractivity contribution in [3.05, 3.63) is 40.0 Å². The lowest BCUT2D eigenvalue weighted by Gasteiger charge is -1.97. The first-order chi connectivity index (χ1) is 9.20. The molecule has 0 fully saturated rings. The van der Waals surface area contributed by atoms with Gasteiger partial charge in [-0.15, -0.1) is 11.3 Å². The van der Waals surface area contributed by atoms with Crippen molar-refractivity contribution >= 4 is 17.3 Å². The van der Waals surface area contributed by atoms with Crippen molar-refractivity contribution in [3.8, 4) is 11.6 Å². The Hall–Kier alpha value is -2.28. The Morgan fingerprint density at radius 3 is 2.95 bits per heavy atom. The number of nitrogens with zero attached hydrogens (tertiary/aromatic N) is 4. The summed E-state index contributed by atoms with van der Waals surface area (Å²) in [5.41, 5.74) is 6.92. The van der Waals surface area contributed by atoms with Gasteiger partial charge in [0.2, 0.25) is 5.95 Å². The van der Waals surface area contributed by atoms with E-state index in [4.69, 9.17) is 10.3 Å². The van der Waals surface area contributed by atoms with E-state index < -0.39 is 0 Å². The van der Waals surface area contributed by atoms with E-state index in [0.717, 1.165) is 5.69 Å². The van der Waals surface area contributed by atoms with E-state index in [9.17, 15) is 0 Å². The summed E-state index contributed by atoms with van der Waals surface area (Å²) in [5, 5.41) is 5.96. The summed E-state index contributed by atoms with van der Waals surface area (Å²) in [6.07, 6.45) is 0.653. The van der Waals surface area contributed by atoms with Gasteiger partial charge in [-0.05, 0) is 24.4 Å². The molecule has 0 amide bonds. The fourth-order valence-electron chi connectivity index (χ4n) is 1.70. The first-order valence-electron chi connectivity index (χ1n) is 5.67. The molecule has 7 heteroatoms. The standard InChI is InChI=1S/C12H11N5OS/c1-7-5-9(15-12(13)14-7)11-16-10(17-18-11)6-8-3-2-4-19-8/h2-5H,6H2,1H3,(H2,13,14,15). The van der Waals surface area contributed by atoms with Crippen LogP contribution in [0.4, 0.5) is 5.95 Å². The molecule has 0 atom stereocenters. The van der Waals surface area contributed by atoms with Gasteiger partial charge in [-0.3, -0.25) is 0 Å². The van der Waals surface area contributed by atoms with E-state index in [2.05, 4.69) is 20.1 Å². The second-order valence-corrected chi connectivity index (χ2v) is 5.06. The van der Waals surface area contributed by atoms with E-state index in [0.29, 0.717) is 23.8 Å². The fourth-order valence-corrected chi connectivity index (χ4v) is 2.40. The average molecular weight is 273 g/mol. The summed E-state index contributed by atoms with van der Waals surface area (Å²) in [6.45, 7) is 1.84. The molecule has 0 aliphatic carbocycles. The molecule has 6 nitrogen and oxygen atoms in total. The zero-order valence-electron chi connectivity index (χ0n) is 10.2. The van der Waals surface area contributed by atoms with Crippen LogP contribution in [0.15, 0.2) is 28.1 Å². The molecule has 0 radical (unpaired) electrons. The van der Waals surface area contributed by atoms with Gasteiger partial charge in [0, 0.05) is 17.0 Å². The summed E-state index contributed by atoms with van der Waals surface area (Å²) < 4.78 is 5.21. The van der Waals surface area contributed by atoms with Crippen LogP contribution in [0.1, 0.15) is 16.4 Å². The molecule has 3 rings (SSSR count). The van der Waals surface area contributed by atoms with Crippen LogP contribution >= 0.6 is 11.3 Å². The van der Waals surface area contributed by atoms with Crippen LogP contribution in [-0.4, -0.2) is 20.1 Å². The van der Waals surface area contributed by atoms with E-state index in [1.807, 2.05) is 24.4 Å². The number of aryl methyl sites for hydroxylation is 1. The Morgan fingerprint density at radius 2 is 2.21 bits per heavy atom. The molecule has 0 spiro atoms. The van der Waals surface area contributed by atoms with Crippen molar-refractivity contribution in [1.82, 2.24) is 20.1 Å². The third-order valence-corrected chi connectivity index (χ3v) is 3.35. The molecule has 3 aromatic rings. The summed E-state index contributed by atoms with van der Waals surface area (Å²) in [5.74, 6) is 1.20. The number of aromatic nitrogens is 4. The van der Waals surface area contributed by atoms with Crippen LogP contribution in [-0.2, 0) is 6.42 Å². The lowest BCUT2D eigenvalue weighted by atomic mass is 10.3. The zero-order valence-corrected chi connectivity index (χ0v) is 11.0. The van der Waals surface area contributed by atoms with Crippen molar-refractivity contribution in [2.24, 2.45) is 0 Å². The topological polar surface area (TPSA) is 90.7 Å². The number of rotatable bonds is 3. The van der Waals surface area contributed by atoms with Crippen LogP contribution in [0.2, 0.25) is 0 Å². The van der Waals surface area contributed by atoms with Crippen molar-refractivity contribution in [1.29, 1.82) is 0 Å². The van der Waals surface area contributed by atoms with Crippen molar-refractivity contribution in [2.45, 2.75) is 13.3 Å². The largest absolute Gasteiger partial charge is 0.368 e. The van der Waals surface area contributed by atoms with Crippen LogP contribution in [0.3, 0.4) is 0 Å². The SMILES string of the molecule is Cc1cc(-c2nc(Cc3cccs3)no2)nc(N)n1. The summed E-state index contributed by atoms with van der Waals surface area (Å²) in [4.78, 5) is 13.6. The minimum Gasteiger partial charge on any atom is -0.368 e. The molecule has 0 aromatic carbocycles. The monoisotopic (exact) mass is 273 g/mol. The number of nitrogen functional groups attached to an aromatic ring is 1. The highest BCUT2D eigenvalue weighted by atomic mass is 32.1. The predicted molar refractivity (Wildman–Crippen MR) is 71.6 cm³/mol. The Kier molecular flexibility index (Phi) is 2.96. The average Bonchev–Trinajstić information content (AvgIpc) is 2.99. The van der Waals surface area contributed by atoms with Gasteiger partial charge >= 0.3 is 0 Å². The second-order valence-electron chi connectivity index (χ2n) is 4.02. The molecular formula is C12H11N5OS. The van der Waals surface area contributed by atoms with Crippen molar-refractivity contribution in [2.75, 3.05) is 5.73 Å². The molecule has 0 unspecified atom stereocenters. The van der Waals surface area contributed by atoms with Gasteiger partial charge in [-0.1, -0.05) is 11.2 Å². The first kappa shape index (κ1) is 11.8. The Morgan fingerprint density at radius 1 is 1.32 bits per heavy atom. The molecule has 2 N–H and O–H groups in total. The predicted octanol–water partition coefficient (Wildman–Crippen LogP) is 2.07. The minimum atomic E-state index is 0.202. The smallest absolute Gasteiger partial charge is 0.276 e. The van der Waals surface area contributed by atoms with Gasteiger partial charge in [0.05, 0.1) is 0 Å². The molecule has 19 heavy (non-hydrogen) atoms. The molecule has 0 aliphatic rings. The van der Waals surface area contributed by atoms with Gasteiger partial charge in [0.15, 0.2) is 5.82 Å². The van der Waals surface area contributed by atoms with Gasteiger partial charge in [0.1, 0.15) is 5.69 Å². The maximum absolute atomic E-state index is 5.60. The first-order valence-corrected chi connectivity index (χ1v) is 6.55. The summed E-state index contributed by atoms with van der Waals surface area (Å²) >= 11 is 1.66. The lowest BCUT2D eigenvalue weighted by Crippen LogP contribution is -1.98. The maximum atomic E-state index is 5.60. The Balaban J connectivity index is 1.88. The van der Waals surface area contributed by atoms with Crippen molar-refractivity contribution in [3.63, 3.8) is 0 Å². The van der Waals surface area contributed by atoms with Crippen molar-refractivity contribution < 1.29 is 4.52 Å². The highest BCUT2D eigenvalue weighted by Gasteiger charge is 2.12. The third-order valence-electron chi connectivity index (χ3n) is 2.47. The summed E-state index contributed by atoms with van der Waals surface area (Å²) in [7, 11) is 0. The van der Waals surface area contributed by atoms with Gasteiger partial charge in [-0.2, -0.15) is 4.98 Å². The number of hydrogen-bond acceptors (Lipinski definition) is 7. The fraction of sp³-hybridized carbons (Fsp3) is 0.167. The Labute approximate surface area is 113 Å². The Bertz CT molecular complexity index is 672. The van der Waals surface area contributed by atoms with E-state index in [-0.39, 0.29) is 5.95 Å². The van der Waals surface area contributed by atoms with Crippen LogP contribution in [0, 0.1) is 6.92 Å². The molecule has 0 saturated heterocycles. The number of anilines is 1. The quantitative estimate of drug-likeness (QED) is 0.785. The molecule has 3 heterocycles. The van der Waals surface area contributed by atoms with Gasteiger partial charge < -0.3 is 10.3 Å². The molecule has 3 aromatic heterocycles. The van der Waals surface area contributed by atoms with E-state index in [1.165, 1.54) is 4.88 Å². The van der Waals surface area contributed by atoms with E-state index >= 15 is 0 Å². The number of nitrogens with two attached hydrogens (primary N) is 1. The van der Waals surface area contributed by atoms with Crippen LogP contribution < -0.4 is 5.73 Å². The van der Waals surface area contributed by atoms with Gasteiger partial charge in [0.25, 0.3) is 5.89 Å². The normalized spacial score (nSPS) is 10.8. The highest BCUT2D eigenvalue weighted by Crippen LogP contribution is 2.18. The molecule has 0 bridgehead atoms. The van der Waals surface area contributed by atoms with Gasteiger partial charge in [-0.25, -0.2) is 9.97 Å². The molecular weight excluding hydrogens is 262 g/mol. The van der Waals surface area contributed by atoms with Crippen LogP contribution in [0.25, 0.3) is 11.6 Å². The molecule has 96 valence electrons. The highest BCUT2D eigenvalue weighted by molar-refractivity contribution is 7.09. The van der Waals surface area contributed by atoms with E-state index in [1.54, 1.807) is 17.4 Å². The molecule has 0 saturated carbocycles. The zero-order chi connectivity index (χ0) is 13.2. The summed E-state index contributed by atoms with van der Waals surface area (Å²) in [6, 6.07) is 5.79. The second kappa shape index (κ2) is 4.77. The maximum Gasteiger partial charge on any atom is 0.276 e. The lowest BCUT2D eigenvalue weighted by molar-refractivity contribution is 0.422. The molecule has 0 aliphatic heterocycles. The third kappa shape index (κ3) is 2.60. The number of hydrogen-bond donors (Lipinski definition) is 1. The number of thiophene rings is 1. The minimum absolute atomic E-state index is 0.202. The van der Waals surface area contributed by atoms with Crippen LogP contribution in [0.5, 0.6) is 0 Å².